The lowest BCUT2D eigenvalue weighted by Gasteiger charge is -2.19. The molecule has 1 aliphatic carbocycles. The van der Waals surface area contributed by atoms with Crippen LogP contribution < -0.4 is 10.2 Å². The molecule has 144 valence electrons. The van der Waals surface area contributed by atoms with Gasteiger partial charge in [-0.2, -0.15) is 13.9 Å². The lowest BCUT2D eigenvalue weighted by atomic mass is 9.87. The van der Waals surface area contributed by atoms with Gasteiger partial charge in [-0.15, -0.1) is 11.3 Å². The first-order valence-electron chi connectivity index (χ1n) is 8.98. The second-order valence-electron chi connectivity index (χ2n) is 6.59. The fourth-order valence-electron chi connectivity index (χ4n) is 3.27. The van der Waals surface area contributed by atoms with Crippen LogP contribution in [0.25, 0.3) is 0 Å². The van der Waals surface area contributed by atoms with Gasteiger partial charge in [0.25, 0.3) is 5.91 Å². The Morgan fingerprint density at radius 2 is 2.19 bits per heavy atom. The maximum atomic E-state index is 12.5. The molecule has 0 aliphatic heterocycles. The highest BCUT2D eigenvalue weighted by Gasteiger charge is 2.22. The van der Waals surface area contributed by atoms with E-state index < -0.39 is 6.61 Å². The van der Waals surface area contributed by atoms with Gasteiger partial charge >= 0.3 is 6.61 Å². The van der Waals surface area contributed by atoms with E-state index in [0.717, 1.165) is 19.3 Å². The number of hydrazone groups is 1. The average Bonchev–Trinajstić information content (AvgIpc) is 3.09. The van der Waals surface area contributed by atoms with E-state index in [9.17, 15) is 13.6 Å². The van der Waals surface area contributed by atoms with Gasteiger partial charge in [0.05, 0.1) is 10.6 Å². The van der Waals surface area contributed by atoms with Gasteiger partial charge in [-0.3, -0.25) is 4.79 Å². The molecule has 0 radical (unpaired) electrons. The molecule has 0 bridgehead atoms. The zero-order valence-corrected chi connectivity index (χ0v) is 16.1. The van der Waals surface area contributed by atoms with Crippen LogP contribution in [0.2, 0.25) is 0 Å². The maximum absolute atomic E-state index is 12.5. The van der Waals surface area contributed by atoms with Crippen LogP contribution in [0, 0.1) is 5.92 Å². The number of aryl methyl sites for hydroxylation is 1. The van der Waals surface area contributed by atoms with Crippen LogP contribution in [0.15, 0.2) is 35.4 Å². The van der Waals surface area contributed by atoms with E-state index in [1.807, 2.05) is 6.07 Å². The monoisotopic (exact) mass is 392 g/mol. The lowest BCUT2D eigenvalue weighted by Crippen LogP contribution is -2.18. The first kappa shape index (κ1) is 19.5. The summed E-state index contributed by atoms with van der Waals surface area (Å²) < 4.78 is 29.6. The Bertz CT molecular complexity index is 848. The van der Waals surface area contributed by atoms with Crippen LogP contribution in [0.5, 0.6) is 5.75 Å². The Kier molecular flexibility index (Phi) is 6.21. The highest BCUT2D eigenvalue weighted by atomic mass is 32.1. The van der Waals surface area contributed by atoms with Crippen LogP contribution in [0.4, 0.5) is 8.78 Å². The predicted molar refractivity (Wildman–Crippen MR) is 103 cm³/mol. The molecule has 0 fully saturated rings. The SMILES string of the molecule is CC[C@H]1CCc2sc(C(=O)N/N=C(/C)c3ccccc3OC(F)F)cc2C1. The normalized spacial score (nSPS) is 16.9. The van der Waals surface area contributed by atoms with E-state index in [1.165, 1.54) is 34.3 Å². The first-order chi connectivity index (χ1) is 13.0. The van der Waals surface area contributed by atoms with E-state index in [1.54, 1.807) is 25.1 Å². The van der Waals surface area contributed by atoms with Crippen LogP contribution in [0.1, 0.15) is 52.4 Å². The van der Waals surface area contributed by atoms with E-state index >= 15 is 0 Å². The van der Waals surface area contributed by atoms with Crippen LogP contribution in [0.3, 0.4) is 0 Å². The summed E-state index contributed by atoms with van der Waals surface area (Å²) in [7, 11) is 0. The van der Waals surface area contributed by atoms with Crippen molar-refractivity contribution in [3.05, 3.63) is 51.2 Å². The van der Waals surface area contributed by atoms with Crippen molar-refractivity contribution in [1.82, 2.24) is 5.43 Å². The second-order valence-corrected chi connectivity index (χ2v) is 7.73. The van der Waals surface area contributed by atoms with E-state index in [-0.39, 0.29) is 11.7 Å². The molecule has 1 aromatic heterocycles. The number of ether oxygens (including phenoxy) is 1. The van der Waals surface area contributed by atoms with Gasteiger partial charge < -0.3 is 4.74 Å². The number of amides is 1. The summed E-state index contributed by atoms with van der Waals surface area (Å²) in [5, 5.41) is 4.07. The molecule has 1 heterocycles. The van der Waals surface area contributed by atoms with E-state index in [2.05, 4.69) is 22.2 Å². The molecule has 0 unspecified atom stereocenters. The smallest absolute Gasteiger partial charge is 0.387 e. The number of nitrogens with one attached hydrogen (secondary N) is 1. The minimum Gasteiger partial charge on any atom is -0.434 e. The van der Waals surface area contributed by atoms with Crippen molar-refractivity contribution in [3.63, 3.8) is 0 Å². The zero-order chi connectivity index (χ0) is 19.4. The summed E-state index contributed by atoms with van der Waals surface area (Å²) >= 11 is 1.51. The number of halogens is 2. The third kappa shape index (κ3) is 4.71. The Labute approximate surface area is 161 Å². The molecule has 1 N–H and O–H groups in total. The van der Waals surface area contributed by atoms with Gasteiger partial charge in [-0.1, -0.05) is 25.5 Å². The van der Waals surface area contributed by atoms with Crippen molar-refractivity contribution in [2.24, 2.45) is 11.0 Å². The van der Waals surface area contributed by atoms with Gasteiger partial charge in [0, 0.05) is 10.4 Å². The predicted octanol–water partition coefficient (Wildman–Crippen LogP) is 5.02. The minimum absolute atomic E-state index is 0.0280. The second kappa shape index (κ2) is 8.61. The standard InChI is InChI=1S/C20H22F2N2O2S/c1-3-13-8-9-17-14(10-13)11-18(27-17)19(25)24-23-12(2)15-6-4-5-7-16(15)26-20(21)22/h4-7,11,13,20H,3,8-10H2,1-2H3,(H,24,25)/b23-12-/t13-/m0/s1. The molecule has 1 aliphatic rings. The molecule has 27 heavy (non-hydrogen) atoms. The molecule has 3 rings (SSSR count). The number of hydrogen-bond donors (Lipinski definition) is 1. The van der Waals surface area contributed by atoms with Gasteiger partial charge in [0.15, 0.2) is 0 Å². The number of hydrogen-bond acceptors (Lipinski definition) is 4. The van der Waals surface area contributed by atoms with Gasteiger partial charge in [0.2, 0.25) is 0 Å². The number of carbonyl (C=O) groups is 1. The Morgan fingerprint density at radius 3 is 2.93 bits per heavy atom. The van der Waals surface area contributed by atoms with Crippen LogP contribution in [-0.2, 0) is 12.8 Å². The number of fused-ring (bicyclic) bond motifs is 1. The molecule has 7 heteroatoms. The molecule has 1 atom stereocenters. The Hall–Kier alpha value is -2.28. The summed E-state index contributed by atoms with van der Waals surface area (Å²) in [6.45, 7) is 0.917. The molecule has 0 spiro atoms. The third-order valence-electron chi connectivity index (χ3n) is 4.80. The van der Waals surface area contributed by atoms with Crippen molar-refractivity contribution < 1.29 is 18.3 Å². The maximum Gasteiger partial charge on any atom is 0.387 e. The summed E-state index contributed by atoms with van der Waals surface area (Å²) in [5.41, 5.74) is 4.60. The molecule has 1 amide bonds. The van der Waals surface area contributed by atoms with E-state index in [4.69, 9.17) is 0 Å². The zero-order valence-electron chi connectivity index (χ0n) is 15.3. The molecule has 0 saturated heterocycles. The molecular formula is C20H22F2N2O2S. The quantitative estimate of drug-likeness (QED) is 0.554. The van der Waals surface area contributed by atoms with E-state index in [0.29, 0.717) is 22.1 Å². The van der Waals surface area contributed by atoms with Crippen molar-refractivity contribution in [3.8, 4) is 5.75 Å². The first-order valence-corrected chi connectivity index (χ1v) is 9.80. The molecular weight excluding hydrogens is 370 g/mol. The largest absolute Gasteiger partial charge is 0.434 e. The number of para-hydroxylation sites is 1. The lowest BCUT2D eigenvalue weighted by molar-refractivity contribution is -0.0499. The van der Waals surface area contributed by atoms with Crippen molar-refractivity contribution in [2.75, 3.05) is 0 Å². The fraction of sp³-hybridized carbons (Fsp3) is 0.400. The van der Waals surface area contributed by atoms with Crippen LogP contribution >= 0.6 is 11.3 Å². The third-order valence-corrected chi connectivity index (χ3v) is 6.04. The topological polar surface area (TPSA) is 50.7 Å². The Morgan fingerprint density at radius 1 is 1.41 bits per heavy atom. The summed E-state index contributed by atoms with van der Waals surface area (Å²) in [6.07, 6.45) is 4.37. The van der Waals surface area contributed by atoms with Gasteiger partial charge in [-0.25, -0.2) is 5.43 Å². The number of alkyl halides is 2. The van der Waals surface area contributed by atoms with Gasteiger partial charge in [-0.05, 0) is 55.9 Å². The number of nitrogens with zero attached hydrogens (tertiary/aromatic N) is 1. The Balaban J connectivity index is 1.71. The number of thiophene rings is 1. The van der Waals surface area contributed by atoms with Crippen LogP contribution in [-0.4, -0.2) is 18.2 Å². The molecule has 2 aromatic rings. The fourth-order valence-corrected chi connectivity index (χ4v) is 4.37. The number of rotatable bonds is 6. The molecule has 1 aromatic carbocycles. The summed E-state index contributed by atoms with van der Waals surface area (Å²) in [5.74, 6) is 0.434. The van der Waals surface area contributed by atoms with Crippen molar-refractivity contribution in [2.45, 2.75) is 46.1 Å². The molecule has 0 saturated carbocycles. The number of benzene rings is 1. The average molecular weight is 392 g/mol. The highest BCUT2D eigenvalue weighted by Crippen LogP contribution is 2.33. The van der Waals surface area contributed by atoms with Crippen molar-refractivity contribution in [1.29, 1.82) is 0 Å². The highest BCUT2D eigenvalue weighted by molar-refractivity contribution is 7.14. The van der Waals surface area contributed by atoms with Crippen molar-refractivity contribution >= 4 is 23.0 Å². The number of carbonyl (C=O) groups excluding carboxylic acids is 1. The summed E-state index contributed by atoms with van der Waals surface area (Å²) in [4.78, 5) is 14.4. The van der Waals surface area contributed by atoms with Gasteiger partial charge in [0.1, 0.15) is 5.75 Å². The summed E-state index contributed by atoms with van der Waals surface area (Å²) in [6, 6.07) is 8.33. The minimum atomic E-state index is -2.92. The molecule has 4 nitrogen and oxygen atoms in total.